The fourth-order valence-corrected chi connectivity index (χ4v) is 1.84. The Hall–Kier alpha value is -1.25. The molecule has 1 N–H and O–H groups in total. The molecule has 1 fully saturated rings. The highest BCUT2D eigenvalue weighted by Crippen LogP contribution is 2.26. The molecule has 3 heteroatoms. The Bertz CT molecular complexity index is 314. The third-order valence-corrected chi connectivity index (χ3v) is 2.99. The number of carbonyl (C=O) groups excluding carboxylic acids is 1. The summed E-state index contributed by atoms with van der Waals surface area (Å²) >= 11 is 0. The van der Waals surface area contributed by atoms with Gasteiger partial charge in [-0.1, -0.05) is 6.42 Å². The van der Waals surface area contributed by atoms with E-state index in [1.165, 1.54) is 6.42 Å². The Kier molecular flexibility index (Phi) is 3.09. The van der Waals surface area contributed by atoms with Crippen LogP contribution in [0.4, 0.5) is 0 Å². The lowest BCUT2D eigenvalue weighted by Gasteiger charge is -2.26. The molecule has 0 saturated heterocycles. The molecule has 2 rings (SSSR count). The van der Waals surface area contributed by atoms with Gasteiger partial charge in [0.25, 0.3) is 0 Å². The molecule has 0 aromatic carbocycles. The Morgan fingerprint density at radius 2 is 2.47 bits per heavy atom. The van der Waals surface area contributed by atoms with Crippen LogP contribution in [0.25, 0.3) is 0 Å². The summed E-state index contributed by atoms with van der Waals surface area (Å²) in [7, 11) is 0. The molecule has 1 saturated carbocycles. The van der Waals surface area contributed by atoms with Gasteiger partial charge in [0.15, 0.2) is 0 Å². The first kappa shape index (κ1) is 10.3. The number of carbonyl (C=O) groups is 1. The summed E-state index contributed by atoms with van der Waals surface area (Å²) in [5.41, 5.74) is 1.14. The Morgan fingerprint density at radius 1 is 1.67 bits per heavy atom. The van der Waals surface area contributed by atoms with Crippen LogP contribution in [0.15, 0.2) is 23.0 Å². The predicted molar refractivity (Wildman–Crippen MR) is 57.4 cm³/mol. The highest BCUT2D eigenvalue weighted by atomic mass is 16.3. The second kappa shape index (κ2) is 4.51. The van der Waals surface area contributed by atoms with Gasteiger partial charge in [-0.25, -0.2) is 0 Å². The largest absolute Gasteiger partial charge is 0.472 e. The van der Waals surface area contributed by atoms with Crippen molar-refractivity contribution in [2.45, 2.75) is 38.6 Å². The van der Waals surface area contributed by atoms with E-state index in [9.17, 15) is 4.79 Å². The average molecular weight is 207 g/mol. The van der Waals surface area contributed by atoms with E-state index in [0.29, 0.717) is 0 Å². The van der Waals surface area contributed by atoms with E-state index in [2.05, 4.69) is 5.32 Å². The van der Waals surface area contributed by atoms with Crippen LogP contribution in [0.1, 0.15) is 31.7 Å². The maximum absolute atomic E-state index is 11.6. The predicted octanol–water partition coefficient (Wildman–Crippen LogP) is 2.13. The standard InChI is InChI=1S/C12H17NO2/c1-9(7-10-5-6-15-8-10)13-12(14)11-3-2-4-11/h5-6,8-9,11H,2-4,7H2,1H3,(H,13,14)/t9-/m0/s1. The lowest BCUT2D eigenvalue weighted by Crippen LogP contribution is -2.40. The summed E-state index contributed by atoms with van der Waals surface area (Å²) in [6.45, 7) is 2.03. The van der Waals surface area contributed by atoms with E-state index >= 15 is 0 Å². The molecule has 0 radical (unpaired) electrons. The lowest BCUT2D eigenvalue weighted by atomic mass is 9.84. The number of rotatable bonds is 4. The average Bonchev–Trinajstić information content (AvgIpc) is 2.52. The number of hydrogen-bond acceptors (Lipinski definition) is 2. The Balaban J connectivity index is 1.76. The van der Waals surface area contributed by atoms with Gasteiger partial charge in [0, 0.05) is 12.0 Å². The molecule has 82 valence electrons. The molecule has 0 unspecified atom stereocenters. The van der Waals surface area contributed by atoms with Gasteiger partial charge in [-0.15, -0.1) is 0 Å². The zero-order valence-electron chi connectivity index (χ0n) is 9.03. The molecule has 1 aromatic heterocycles. The van der Waals surface area contributed by atoms with Crippen LogP contribution in [0.2, 0.25) is 0 Å². The monoisotopic (exact) mass is 207 g/mol. The number of amides is 1. The molecule has 15 heavy (non-hydrogen) atoms. The van der Waals surface area contributed by atoms with Crippen molar-refractivity contribution < 1.29 is 9.21 Å². The van der Waals surface area contributed by atoms with Crippen LogP contribution >= 0.6 is 0 Å². The fourth-order valence-electron chi connectivity index (χ4n) is 1.84. The van der Waals surface area contributed by atoms with Crippen LogP contribution in [-0.4, -0.2) is 11.9 Å². The summed E-state index contributed by atoms with van der Waals surface area (Å²) in [5.74, 6) is 0.494. The first-order chi connectivity index (χ1) is 7.25. The molecular weight excluding hydrogens is 190 g/mol. The highest BCUT2D eigenvalue weighted by Gasteiger charge is 2.25. The van der Waals surface area contributed by atoms with Gasteiger partial charge in [0.2, 0.25) is 5.91 Å². The second-order valence-corrected chi connectivity index (χ2v) is 4.37. The van der Waals surface area contributed by atoms with Crippen molar-refractivity contribution in [3.05, 3.63) is 24.2 Å². The molecule has 0 spiro atoms. The van der Waals surface area contributed by atoms with Gasteiger partial charge < -0.3 is 9.73 Å². The van der Waals surface area contributed by atoms with Crippen molar-refractivity contribution in [3.8, 4) is 0 Å². The molecule has 0 bridgehead atoms. The number of hydrogen-bond donors (Lipinski definition) is 1. The van der Waals surface area contributed by atoms with Crippen molar-refractivity contribution in [2.75, 3.05) is 0 Å². The molecular formula is C12H17NO2. The zero-order valence-corrected chi connectivity index (χ0v) is 9.03. The molecule has 1 amide bonds. The van der Waals surface area contributed by atoms with Crippen molar-refractivity contribution >= 4 is 5.91 Å². The highest BCUT2D eigenvalue weighted by molar-refractivity contribution is 5.79. The molecule has 1 aromatic rings. The van der Waals surface area contributed by atoms with Gasteiger partial charge in [-0.3, -0.25) is 4.79 Å². The third kappa shape index (κ3) is 2.61. The minimum atomic E-state index is 0.190. The third-order valence-electron chi connectivity index (χ3n) is 2.99. The van der Waals surface area contributed by atoms with Crippen LogP contribution in [0.3, 0.4) is 0 Å². The quantitative estimate of drug-likeness (QED) is 0.821. The van der Waals surface area contributed by atoms with Gasteiger partial charge >= 0.3 is 0 Å². The topological polar surface area (TPSA) is 42.2 Å². The Labute approximate surface area is 89.9 Å². The van der Waals surface area contributed by atoms with E-state index in [0.717, 1.165) is 24.8 Å². The van der Waals surface area contributed by atoms with Crippen molar-refractivity contribution in [1.82, 2.24) is 5.32 Å². The van der Waals surface area contributed by atoms with Crippen LogP contribution < -0.4 is 5.32 Å². The first-order valence-electron chi connectivity index (χ1n) is 5.57. The smallest absolute Gasteiger partial charge is 0.223 e. The summed E-state index contributed by atoms with van der Waals surface area (Å²) in [6.07, 6.45) is 7.56. The molecule has 1 atom stereocenters. The van der Waals surface area contributed by atoms with E-state index in [4.69, 9.17) is 4.42 Å². The van der Waals surface area contributed by atoms with Crippen LogP contribution in [0.5, 0.6) is 0 Å². The second-order valence-electron chi connectivity index (χ2n) is 4.37. The summed E-state index contributed by atoms with van der Waals surface area (Å²) < 4.78 is 4.99. The van der Waals surface area contributed by atoms with E-state index in [1.807, 2.05) is 13.0 Å². The van der Waals surface area contributed by atoms with Crippen LogP contribution in [-0.2, 0) is 11.2 Å². The Morgan fingerprint density at radius 3 is 3.00 bits per heavy atom. The van der Waals surface area contributed by atoms with Gasteiger partial charge in [-0.05, 0) is 37.8 Å². The molecule has 1 aliphatic carbocycles. The van der Waals surface area contributed by atoms with Gasteiger partial charge in [-0.2, -0.15) is 0 Å². The van der Waals surface area contributed by atoms with Crippen molar-refractivity contribution in [1.29, 1.82) is 0 Å². The maximum atomic E-state index is 11.6. The lowest BCUT2D eigenvalue weighted by molar-refractivity contribution is -0.127. The molecule has 3 nitrogen and oxygen atoms in total. The molecule has 1 heterocycles. The van der Waals surface area contributed by atoms with E-state index in [-0.39, 0.29) is 17.9 Å². The van der Waals surface area contributed by atoms with Crippen molar-refractivity contribution in [3.63, 3.8) is 0 Å². The minimum Gasteiger partial charge on any atom is -0.472 e. The van der Waals surface area contributed by atoms with Crippen LogP contribution in [0, 0.1) is 5.92 Å². The number of furan rings is 1. The molecule has 1 aliphatic rings. The maximum Gasteiger partial charge on any atom is 0.223 e. The zero-order chi connectivity index (χ0) is 10.7. The van der Waals surface area contributed by atoms with Gasteiger partial charge in [0.1, 0.15) is 0 Å². The first-order valence-corrected chi connectivity index (χ1v) is 5.57. The minimum absolute atomic E-state index is 0.190. The summed E-state index contributed by atoms with van der Waals surface area (Å²) in [5, 5.41) is 3.04. The SMILES string of the molecule is C[C@@H](Cc1ccoc1)NC(=O)C1CCC1. The normalized spacial score (nSPS) is 18.2. The van der Waals surface area contributed by atoms with Gasteiger partial charge in [0.05, 0.1) is 12.5 Å². The van der Waals surface area contributed by atoms with E-state index < -0.39 is 0 Å². The van der Waals surface area contributed by atoms with E-state index in [1.54, 1.807) is 12.5 Å². The summed E-state index contributed by atoms with van der Waals surface area (Å²) in [6, 6.07) is 2.13. The number of nitrogens with one attached hydrogen (secondary N) is 1. The fraction of sp³-hybridized carbons (Fsp3) is 0.583. The summed E-state index contributed by atoms with van der Waals surface area (Å²) in [4.78, 5) is 11.6. The molecule has 0 aliphatic heterocycles. The van der Waals surface area contributed by atoms with Crippen molar-refractivity contribution in [2.24, 2.45) is 5.92 Å².